The molecule has 2 nitrogen and oxygen atoms in total. The molecule has 82 valence electrons. The standard InChI is InChI=1S/C10H9ClF2O2/c1-5(14)8-7(15-2)4-3-6(9(8)11)10(12)13/h3-4,10H,1-2H3. The van der Waals surface area contributed by atoms with E-state index in [0.717, 1.165) is 6.07 Å². The van der Waals surface area contributed by atoms with Crippen LogP contribution in [0.25, 0.3) is 0 Å². The Kier molecular flexibility index (Phi) is 3.63. The van der Waals surface area contributed by atoms with E-state index in [1.807, 2.05) is 0 Å². The molecule has 0 amide bonds. The fourth-order valence-electron chi connectivity index (χ4n) is 1.24. The molecule has 0 aromatic heterocycles. The Morgan fingerprint density at radius 3 is 2.47 bits per heavy atom. The Balaban J connectivity index is 3.42. The number of hydrogen-bond donors (Lipinski definition) is 0. The Morgan fingerprint density at radius 1 is 1.47 bits per heavy atom. The first kappa shape index (κ1) is 11.9. The van der Waals surface area contributed by atoms with Gasteiger partial charge in [0.25, 0.3) is 6.43 Å². The Hall–Kier alpha value is -1.16. The van der Waals surface area contributed by atoms with Crippen LogP contribution in [0.15, 0.2) is 12.1 Å². The lowest BCUT2D eigenvalue weighted by molar-refractivity contribution is 0.101. The highest BCUT2D eigenvalue weighted by Gasteiger charge is 2.20. The highest BCUT2D eigenvalue weighted by atomic mass is 35.5. The number of hydrogen-bond acceptors (Lipinski definition) is 2. The smallest absolute Gasteiger partial charge is 0.265 e. The van der Waals surface area contributed by atoms with E-state index in [1.165, 1.54) is 20.1 Å². The van der Waals surface area contributed by atoms with Crippen LogP contribution in [0, 0.1) is 0 Å². The van der Waals surface area contributed by atoms with Crippen LogP contribution in [0.1, 0.15) is 29.3 Å². The predicted molar refractivity (Wildman–Crippen MR) is 53.0 cm³/mol. The Morgan fingerprint density at radius 2 is 2.07 bits per heavy atom. The summed E-state index contributed by atoms with van der Waals surface area (Å²) in [5.41, 5.74) is -0.361. The van der Waals surface area contributed by atoms with Gasteiger partial charge in [0.1, 0.15) is 5.75 Å². The van der Waals surface area contributed by atoms with Crippen molar-refractivity contribution in [2.75, 3.05) is 7.11 Å². The van der Waals surface area contributed by atoms with Crippen LogP contribution in [0.4, 0.5) is 8.78 Å². The first-order valence-electron chi connectivity index (χ1n) is 4.14. The third-order valence-electron chi connectivity index (χ3n) is 1.94. The molecule has 5 heteroatoms. The molecular weight excluding hydrogens is 226 g/mol. The second-order valence-corrected chi connectivity index (χ2v) is 3.28. The number of halogens is 3. The monoisotopic (exact) mass is 234 g/mol. The molecule has 1 rings (SSSR count). The first-order valence-corrected chi connectivity index (χ1v) is 4.52. The molecule has 15 heavy (non-hydrogen) atoms. The van der Waals surface area contributed by atoms with Crippen LogP contribution in [0.5, 0.6) is 5.75 Å². The number of rotatable bonds is 3. The zero-order chi connectivity index (χ0) is 11.6. The summed E-state index contributed by atoms with van der Waals surface area (Å²) in [5, 5.41) is -0.239. The SMILES string of the molecule is COc1ccc(C(F)F)c(Cl)c1C(C)=O. The molecule has 0 aliphatic carbocycles. The fourth-order valence-corrected chi connectivity index (χ4v) is 1.61. The van der Waals surface area contributed by atoms with Gasteiger partial charge in [-0.3, -0.25) is 4.79 Å². The van der Waals surface area contributed by atoms with Crippen molar-refractivity contribution >= 4 is 17.4 Å². The third kappa shape index (κ3) is 2.26. The summed E-state index contributed by atoms with van der Waals surface area (Å²) in [6.07, 6.45) is -2.71. The molecular formula is C10H9ClF2O2. The van der Waals surface area contributed by atoms with E-state index in [1.54, 1.807) is 0 Å². The van der Waals surface area contributed by atoms with Gasteiger partial charge in [0, 0.05) is 5.56 Å². The Labute approximate surface area is 90.8 Å². The molecule has 0 saturated carbocycles. The van der Waals surface area contributed by atoms with E-state index in [-0.39, 0.29) is 21.9 Å². The summed E-state index contributed by atoms with van der Waals surface area (Å²) in [5.74, 6) is -0.198. The van der Waals surface area contributed by atoms with Crippen LogP contribution >= 0.6 is 11.6 Å². The number of carbonyl (C=O) groups excluding carboxylic acids is 1. The average Bonchev–Trinajstić information content (AvgIpc) is 2.15. The second-order valence-electron chi connectivity index (χ2n) is 2.90. The molecule has 1 aromatic rings. The van der Waals surface area contributed by atoms with Crippen molar-refractivity contribution in [2.45, 2.75) is 13.3 Å². The van der Waals surface area contributed by atoms with E-state index >= 15 is 0 Å². The lowest BCUT2D eigenvalue weighted by Crippen LogP contribution is -2.01. The quantitative estimate of drug-likeness (QED) is 0.749. The summed E-state index contributed by atoms with van der Waals surface area (Å²) in [6.45, 7) is 1.25. The third-order valence-corrected chi connectivity index (χ3v) is 2.35. The number of carbonyl (C=O) groups is 1. The predicted octanol–water partition coefficient (Wildman–Crippen LogP) is 3.49. The van der Waals surface area contributed by atoms with Crippen LogP contribution < -0.4 is 4.74 Å². The molecule has 0 spiro atoms. The van der Waals surface area contributed by atoms with Gasteiger partial charge in [0.05, 0.1) is 17.7 Å². The summed E-state index contributed by atoms with van der Waals surface area (Å²) < 4.78 is 29.8. The molecule has 0 N–H and O–H groups in total. The van der Waals surface area contributed by atoms with Gasteiger partial charge in [-0.05, 0) is 19.1 Å². The summed E-state index contributed by atoms with van der Waals surface area (Å²) >= 11 is 5.70. The molecule has 0 bridgehead atoms. The summed E-state index contributed by atoms with van der Waals surface area (Å²) in [6, 6.07) is 2.46. The fraction of sp³-hybridized carbons (Fsp3) is 0.300. The maximum Gasteiger partial charge on any atom is 0.265 e. The van der Waals surface area contributed by atoms with Gasteiger partial charge in [-0.2, -0.15) is 0 Å². The minimum absolute atomic E-state index is 0.00281. The lowest BCUT2D eigenvalue weighted by Gasteiger charge is -2.11. The maximum atomic E-state index is 12.5. The van der Waals surface area contributed by atoms with Crippen molar-refractivity contribution in [3.8, 4) is 5.75 Å². The molecule has 0 aliphatic heterocycles. The highest BCUT2D eigenvalue weighted by molar-refractivity contribution is 6.35. The van der Waals surface area contributed by atoms with Crippen LogP contribution in [0.2, 0.25) is 5.02 Å². The van der Waals surface area contributed by atoms with Gasteiger partial charge in [-0.15, -0.1) is 0 Å². The zero-order valence-corrected chi connectivity index (χ0v) is 8.94. The van der Waals surface area contributed by atoms with Crippen LogP contribution in [-0.2, 0) is 0 Å². The minimum atomic E-state index is -2.71. The lowest BCUT2D eigenvalue weighted by atomic mass is 10.1. The van der Waals surface area contributed by atoms with Gasteiger partial charge in [0.2, 0.25) is 0 Å². The number of alkyl halides is 2. The van der Waals surface area contributed by atoms with Gasteiger partial charge in [0.15, 0.2) is 5.78 Å². The number of ether oxygens (including phenoxy) is 1. The summed E-state index contributed by atoms with van der Waals surface area (Å²) in [7, 11) is 1.35. The maximum absolute atomic E-state index is 12.5. The number of Topliss-reactive ketones (excluding diaryl/α,β-unsaturated/α-hetero) is 1. The molecule has 0 heterocycles. The van der Waals surface area contributed by atoms with Crippen molar-refractivity contribution < 1.29 is 18.3 Å². The normalized spacial score (nSPS) is 10.5. The number of methoxy groups -OCH3 is 1. The second kappa shape index (κ2) is 4.57. The molecule has 0 unspecified atom stereocenters. The van der Waals surface area contributed by atoms with E-state index in [2.05, 4.69) is 0 Å². The summed E-state index contributed by atoms with van der Waals surface area (Å²) in [4.78, 5) is 11.2. The number of benzene rings is 1. The minimum Gasteiger partial charge on any atom is -0.496 e. The topological polar surface area (TPSA) is 26.3 Å². The van der Waals surface area contributed by atoms with Crippen LogP contribution in [0.3, 0.4) is 0 Å². The van der Waals surface area contributed by atoms with Gasteiger partial charge in [-0.1, -0.05) is 11.6 Å². The zero-order valence-electron chi connectivity index (χ0n) is 8.18. The van der Waals surface area contributed by atoms with Gasteiger partial charge in [-0.25, -0.2) is 8.78 Å². The van der Waals surface area contributed by atoms with Crippen molar-refractivity contribution in [3.05, 3.63) is 28.3 Å². The van der Waals surface area contributed by atoms with Crippen LogP contribution in [-0.4, -0.2) is 12.9 Å². The van der Waals surface area contributed by atoms with E-state index in [0.29, 0.717) is 0 Å². The average molecular weight is 235 g/mol. The van der Waals surface area contributed by atoms with E-state index in [9.17, 15) is 13.6 Å². The molecule has 0 radical (unpaired) electrons. The molecule has 0 fully saturated rings. The van der Waals surface area contributed by atoms with Crippen molar-refractivity contribution in [2.24, 2.45) is 0 Å². The Bertz CT molecular complexity index is 391. The molecule has 0 saturated heterocycles. The largest absolute Gasteiger partial charge is 0.496 e. The van der Waals surface area contributed by atoms with E-state index in [4.69, 9.17) is 16.3 Å². The van der Waals surface area contributed by atoms with Crippen molar-refractivity contribution in [3.63, 3.8) is 0 Å². The van der Waals surface area contributed by atoms with Crippen molar-refractivity contribution in [1.82, 2.24) is 0 Å². The van der Waals surface area contributed by atoms with Gasteiger partial charge < -0.3 is 4.74 Å². The van der Waals surface area contributed by atoms with Crippen molar-refractivity contribution in [1.29, 1.82) is 0 Å². The van der Waals surface area contributed by atoms with Gasteiger partial charge >= 0.3 is 0 Å². The first-order chi connectivity index (χ1) is 6.99. The molecule has 0 atom stereocenters. The highest BCUT2D eigenvalue weighted by Crippen LogP contribution is 2.35. The van der Waals surface area contributed by atoms with E-state index < -0.39 is 12.2 Å². The molecule has 0 aliphatic rings. The molecule has 1 aromatic carbocycles. The number of ketones is 1.